The van der Waals surface area contributed by atoms with Crippen LogP contribution in [0.15, 0.2) is 24.3 Å². The maximum absolute atomic E-state index is 11.7. The molecule has 0 bridgehead atoms. The van der Waals surface area contributed by atoms with Gasteiger partial charge in [-0.3, -0.25) is 4.79 Å². The van der Waals surface area contributed by atoms with Gasteiger partial charge < -0.3 is 15.7 Å². The first-order valence-corrected chi connectivity index (χ1v) is 6.46. The van der Waals surface area contributed by atoms with Crippen LogP contribution in [0.1, 0.15) is 12.0 Å². The maximum atomic E-state index is 11.7. The number of amides is 1. The topological polar surface area (TPSA) is 61.4 Å². The van der Waals surface area contributed by atoms with Gasteiger partial charge in [-0.15, -0.1) is 0 Å². The summed E-state index contributed by atoms with van der Waals surface area (Å²) < 4.78 is 0. The zero-order chi connectivity index (χ0) is 13.0. The molecule has 0 saturated carbocycles. The molecule has 1 aliphatic rings. The van der Waals surface area contributed by atoms with E-state index in [4.69, 9.17) is 11.6 Å². The molecule has 1 heterocycles. The van der Waals surface area contributed by atoms with Gasteiger partial charge in [-0.25, -0.2) is 0 Å². The number of rotatable bonds is 4. The molecule has 0 aliphatic carbocycles. The monoisotopic (exact) mass is 268 g/mol. The molecule has 98 valence electrons. The zero-order valence-electron chi connectivity index (χ0n) is 10.0. The molecule has 5 heteroatoms. The Kier molecular flexibility index (Phi) is 4.58. The first kappa shape index (κ1) is 13.3. The van der Waals surface area contributed by atoms with E-state index in [1.807, 2.05) is 24.3 Å². The van der Waals surface area contributed by atoms with Gasteiger partial charge in [-0.2, -0.15) is 0 Å². The van der Waals surface area contributed by atoms with Crippen LogP contribution in [0.2, 0.25) is 5.02 Å². The zero-order valence-corrected chi connectivity index (χ0v) is 10.8. The van der Waals surface area contributed by atoms with Crippen molar-refractivity contribution < 1.29 is 9.90 Å². The van der Waals surface area contributed by atoms with Crippen LogP contribution in [-0.4, -0.2) is 36.2 Å². The second-order valence-corrected chi connectivity index (χ2v) is 4.95. The Morgan fingerprint density at radius 1 is 1.44 bits per heavy atom. The summed E-state index contributed by atoms with van der Waals surface area (Å²) in [5, 5.41) is 15.9. The van der Waals surface area contributed by atoms with Crippen LogP contribution in [0.5, 0.6) is 0 Å². The first-order valence-electron chi connectivity index (χ1n) is 6.09. The molecule has 18 heavy (non-hydrogen) atoms. The molecular formula is C13H17ClN2O2. The average Bonchev–Trinajstić information content (AvgIpc) is 2.78. The number of aliphatic hydroxyl groups is 1. The second-order valence-electron chi connectivity index (χ2n) is 4.52. The Morgan fingerprint density at radius 3 is 2.78 bits per heavy atom. The van der Waals surface area contributed by atoms with E-state index in [9.17, 15) is 9.90 Å². The van der Waals surface area contributed by atoms with Crippen LogP contribution < -0.4 is 10.6 Å². The third-order valence-corrected chi connectivity index (χ3v) is 3.30. The van der Waals surface area contributed by atoms with E-state index in [1.54, 1.807) is 0 Å². The number of hydrogen-bond acceptors (Lipinski definition) is 3. The van der Waals surface area contributed by atoms with Crippen LogP contribution >= 0.6 is 11.6 Å². The molecule has 3 N–H and O–H groups in total. The van der Waals surface area contributed by atoms with Gasteiger partial charge in [0, 0.05) is 18.1 Å². The number of halogens is 1. The fraction of sp³-hybridized carbons (Fsp3) is 0.462. The second kappa shape index (κ2) is 6.18. The standard InChI is InChI=1S/C13H17ClN2O2/c14-10-3-1-9(2-4-10)5-6-15-13(18)12-7-11(17)8-16-12/h1-4,11-12,16-17H,5-8H2,(H,15,18)/t11-,12-/m0/s1. The molecule has 2 rings (SSSR count). The molecule has 1 aliphatic heterocycles. The highest BCUT2D eigenvalue weighted by molar-refractivity contribution is 6.30. The number of carbonyl (C=O) groups excluding carboxylic acids is 1. The fourth-order valence-electron chi connectivity index (χ4n) is 2.02. The number of β-amino-alcohol motifs (C(OH)–C–C–N with tert-alkyl or cyclic N) is 1. The van der Waals surface area contributed by atoms with Crippen LogP contribution in [0.4, 0.5) is 0 Å². The minimum atomic E-state index is -0.406. The van der Waals surface area contributed by atoms with Gasteiger partial charge >= 0.3 is 0 Å². The lowest BCUT2D eigenvalue weighted by molar-refractivity contribution is -0.122. The van der Waals surface area contributed by atoms with Crippen LogP contribution in [0, 0.1) is 0 Å². The van der Waals surface area contributed by atoms with Crippen molar-refractivity contribution in [3.8, 4) is 0 Å². The van der Waals surface area contributed by atoms with Gasteiger partial charge in [0.1, 0.15) is 0 Å². The fourth-order valence-corrected chi connectivity index (χ4v) is 2.15. The summed E-state index contributed by atoms with van der Waals surface area (Å²) >= 11 is 5.79. The van der Waals surface area contributed by atoms with E-state index >= 15 is 0 Å². The minimum absolute atomic E-state index is 0.0412. The number of benzene rings is 1. The lowest BCUT2D eigenvalue weighted by Gasteiger charge is -2.10. The Labute approximate surface area is 111 Å². The highest BCUT2D eigenvalue weighted by atomic mass is 35.5. The van der Waals surface area contributed by atoms with Crippen molar-refractivity contribution in [1.82, 2.24) is 10.6 Å². The third-order valence-electron chi connectivity index (χ3n) is 3.05. The van der Waals surface area contributed by atoms with Crippen molar-refractivity contribution in [2.75, 3.05) is 13.1 Å². The molecule has 0 radical (unpaired) electrons. The predicted molar refractivity (Wildman–Crippen MR) is 70.6 cm³/mol. The Balaban J connectivity index is 1.72. The minimum Gasteiger partial charge on any atom is -0.392 e. The number of carbonyl (C=O) groups is 1. The van der Waals surface area contributed by atoms with Gasteiger partial charge in [0.15, 0.2) is 0 Å². The van der Waals surface area contributed by atoms with Crippen LogP contribution in [-0.2, 0) is 11.2 Å². The Hall–Kier alpha value is -1.10. The van der Waals surface area contributed by atoms with E-state index in [0.717, 1.165) is 12.0 Å². The average molecular weight is 269 g/mol. The molecule has 1 aromatic carbocycles. The van der Waals surface area contributed by atoms with Gasteiger partial charge in [0.2, 0.25) is 5.91 Å². The van der Waals surface area contributed by atoms with Crippen molar-refractivity contribution >= 4 is 17.5 Å². The number of aliphatic hydroxyl groups excluding tert-OH is 1. The summed E-state index contributed by atoms with van der Waals surface area (Å²) in [5.74, 6) is -0.0412. The van der Waals surface area contributed by atoms with Crippen molar-refractivity contribution in [3.63, 3.8) is 0 Å². The van der Waals surface area contributed by atoms with Gasteiger partial charge in [0.05, 0.1) is 12.1 Å². The Morgan fingerprint density at radius 2 is 2.17 bits per heavy atom. The molecule has 1 saturated heterocycles. The van der Waals surface area contributed by atoms with Gasteiger partial charge in [-0.05, 0) is 30.5 Å². The van der Waals surface area contributed by atoms with Gasteiger partial charge in [-0.1, -0.05) is 23.7 Å². The molecule has 4 nitrogen and oxygen atoms in total. The summed E-state index contributed by atoms with van der Waals surface area (Å²) in [4.78, 5) is 11.7. The predicted octanol–water partition coefficient (Wildman–Crippen LogP) is 0.721. The lowest BCUT2D eigenvalue weighted by Crippen LogP contribution is -2.41. The third kappa shape index (κ3) is 3.70. The molecule has 1 fully saturated rings. The molecule has 0 unspecified atom stereocenters. The molecule has 0 spiro atoms. The van der Waals surface area contributed by atoms with Crippen molar-refractivity contribution in [2.45, 2.75) is 25.0 Å². The Bertz CT molecular complexity index is 408. The quantitative estimate of drug-likeness (QED) is 0.754. The number of hydrogen-bond donors (Lipinski definition) is 3. The summed E-state index contributed by atoms with van der Waals surface area (Å²) in [6.07, 6.45) is 0.863. The largest absolute Gasteiger partial charge is 0.392 e. The van der Waals surface area contributed by atoms with Crippen molar-refractivity contribution in [3.05, 3.63) is 34.9 Å². The molecule has 2 atom stereocenters. The molecular weight excluding hydrogens is 252 g/mol. The summed E-state index contributed by atoms with van der Waals surface area (Å²) in [7, 11) is 0. The van der Waals surface area contributed by atoms with Crippen LogP contribution in [0.3, 0.4) is 0 Å². The first-order chi connectivity index (χ1) is 8.65. The molecule has 1 amide bonds. The van der Waals surface area contributed by atoms with E-state index < -0.39 is 6.10 Å². The highest BCUT2D eigenvalue weighted by Crippen LogP contribution is 2.10. The van der Waals surface area contributed by atoms with Crippen LogP contribution in [0.25, 0.3) is 0 Å². The summed E-state index contributed by atoms with van der Waals surface area (Å²) in [6.45, 7) is 1.09. The van der Waals surface area contributed by atoms with E-state index in [-0.39, 0.29) is 11.9 Å². The highest BCUT2D eigenvalue weighted by Gasteiger charge is 2.27. The summed E-state index contributed by atoms with van der Waals surface area (Å²) in [5.41, 5.74) is 1.14. The number of nitrogens with one attached hydrogen (secondary N) is 2. The van der Waals surface area contributed by atoms with E-state index in [2.05, 4.69) is 10.6 Å². The van der Waals surface area contributed by atoms with Gasteiger partial charge in [0.25, 0.3) is 0 Å². The smallest absolute Gasteiger partial charge is 0.237 e. The maximum Gasteiger partial charge on any atom is 0.237 e. The normalized spacial score (nSPS) is 23.0. The van der Waals surface area contributed by atoms with Crippen molar-refractivity contribution in [1.29, 1.82) is 0 Å². The van der Waals surface area contributed by atoms with E-state index in [0.29, 0.717) is 24.5 Å². The molecule has 0 aromatic heterocycles. The van der Waals surface area contributed by atoms with E-state index in [1.165, 1.54) is 0 Å². The van der Waals surface area contributed by atoms with Crippen molar-refractivity contribution in [2.24, 2.45) is 0 Å². The summed E-state index contributed by atoms with van der Waals surface area (Å²) in [6, 6.07) is 7.32. The SMILES string of the molecule is O=C(NCCc1ccc(Cl)cc1)[C@@H]1C[C@H](O)CN1. The molecule has 1 aromatic rings. The lowest BCUT2D eigenvalue weighted by atomic mass is 10.1.